The van der Waals surface area contributed by atoms with Crippen LogP contribution in [0.25, 0.3) is 11.0 Å². The molecular weight excluding hydrogens is 384 g/mol. The molecule has 162 valence electrons. The Morgan fingerprint density at radius 2 is 2.10 bits per heavy atom. The van der Waals surface area contributed by atoms with Crippen molar-refractivity contribution in [1.82, 2.24) is 24.3 Å². The maximum Gasteiger partial charge on any atom is 0.327 e. The topological polar surface area (TPSA) is 107 Å². The number of aromatic nitrogens is 5. The highest BCUT2D eigenvalue weighted by molar-refractivity contribution is 5.76. The largest absolute Gasteiger partial charge is 0.462 e. The molecule has 3 aromatic rings. The fraction of sp³-hybridized carbons (Fsp3) is 0.524. The van der Waals surface area contributed by atoms with Gasteiger partial charge < -0.3 is 19.7 Å². The molecule has 3 rings (SSSR count). The Morgan fingerprint density at radius 1 is 1.30 bits per heavy atom. The van der Waals surface area contributed by atoms with Gasteiger partial charge in [-0.2, -0.15) is 10.1 Å². The van der Waals surface area contributed by atoms with Crippen molar-refractivity contribution in [2.75, 3.05) is 11.9 Å². The summed E-state index contributed by atoms with van der Waals surface area (Å²) in [4.78, 5) is 20.8. The fourth-order valence-electron chi connectivity index (χ4n) is 3.28. The first kappa shape index (κ1) is 21.8. The van der Waals surface area contributed by atoms with Crippen molar-refractivity contribution in [2.24, 2.45) is 11.8 Å². The van der Waals surface area contributed by atoms with E-state index in [4.69, 9.17) is 4.74 Å². The SMILES string of the molecule is CCC(Cn1ccc2cnc(Nc3cnn(CC(=O)OC[C@@H](C)O)c3)nc21)C(C)C. The summed E-state index contributed by atoms with van der Waals surface area (Å²) in [5.74, 6) is 1.19. The molecular formula is C21H30N6O3. The van der Waals surface area contributed by atoms with Gasteiger partial charge in [-0.25, -0.2) is 4.98 Å². The number of carbonyl (C=O) groups is 1. The molecule has 0 aromatic carbocycles. The van der Waals surface area contributed by atoms with Crippen LogP contribution in [0.1, 0.15) is 34.1 Å². The van der Waals surface area contributed by atoms with Gasteiger partial charge in [-0.1, -0.05) is 27.2 Å². The van der Waals surface area contributed by atoms with Crippen LogP contribution in [0.4, 0.5) is 11.6 Å². The highest BCUT2D eigenvalue weighted by Crippen LogP contribution is 2.22. The molecule has 0 saturated carbocycles. The zero-order valence-electron chi connectivity index (χ0n) is 17.9. The average Bonchev–Trinajstić information content (AvgIpc) is 3.30. The van der Waals surface area contributed by atoms with Crippen molar-refractivity contribution in [3.05, 3.63) is 30.9 Å². The molecule has 3 heterocycles. The zero-order chi connectivity index (χ0) is 21.7. The van der Waals surface area contributed by atoms with Gasteiger partial charge in [0.15, 0.2) is 0 Å². The molecule has 0 saturated heterocycles. The van der Waals surface area contributed by atoms with E-state index in [0.29, 0.717) is 23.5 Å². The first-order valence-corrected chi connectivity index (χ1v) is 10.3. The fourth-order valence-corrected chi connectivity index (χ4v) is 3.28. The van der Waals surface area contributed by atoms with E-state index in [1.807, 2.05) is 6.07 Å². The predicted molar refractivity (Wildman–Crippen MR) is 114 cm³/mol. The van der Waals surface area contributed by atoms with E-state index >= 15 is 0 Å². The second-order valence-corrected chi connectivity index (χ2v) is 7.94. The van der Waals surface area contributed by atoms with Crippen LogP contribution in [-0.2, 0) is 22.6 Å². The smallest absolute Gasteiger partial charge is 0.327 e. The van der Waals surface area contributed by atoms with Gasteiger partial charge in [-0.3, -0.25) is 9.48 Å². The second kappa shape index (κ2) is 9.71. The van der Waals surface area contributed by atoms with Crippen LogP contribution in [0.3, 0.4) is 0 Å². The third-order valence-corrected chi connectivity index (χ3v) is 5.07. The Kier molecular flexibility index (Phi) is 7.04. The Hall–Kier alpha value is -2.94. The summed E-state index contributed by atoms with van der Waals surface area (Å²) in [5, 5.41) is 17.5. The number of ether oxygens (including phenoxy) is 1. The van der Waals surface area contributed by atoms with Crippen LogP contribution in [0, 0.1) is 11.8 Å². The van der Waals surface area contributed by atoms with Gasteiger partial charge in [0.05, 0.1) is 18.0 Å². The molecule has 0 spiro atoms. The van der Waals surface area contributed by atoms with Crippen molar-refractivity contribution in [3.8, 4) is 0 Å². The summed E-state index contributed by atoms with van der Waals surface area (Å²) >= 11 is 0. The standard InChI is InChI=1S/C21H30N6O3/c1-5-16(14(2)3)10-26-7-6-17-8-22-21(25-20(17)26)24-18-9-23-27(11-18)12-19(29)30-13-15(4)28/h6-9,11,14-16,28H,5,10,12-13H2,1-4H3,(H,22,24,25)/t15-,16?/m1/s1. The van der Waals surface area contributed by atoms with Gasteiger partial charge in [-0.15, -0.1) is 0 Å². The molecule has 0 fully saturated rings. The predicted octanol–water partition coefficient (Wildman–Crippen LogP) is 2.98. The summed E-state index contributed by atoms with van der Waals surface area (Å²) in [6.45, 7) is 9.12. The minimum Gasteiger partial charge on any atom is -0.462 e. The van der Waals surface area contributed by atoms with Crippen LogP contribution < -0.4 is 5.32 Å². The lowest BCUT2D eigenvalue weighted by Crippen LogP contribution is -2.19. The molecule has 0 amide bonds. The molecule has 2 atom stereocenters. The van der Waals surface area contributed by atoms with Crippen molar-refractivity contribution >= 4 is 28.6 Å². The van der Waals surface area contributed by atoms with Crippen LogP contribution >= 0.6 is 0 Å². The van der Waals surface area contributed by atoms with Gasteiger partial charge in [-0.05, 0) is 24.8 Å². The normalized spacial score (nSPS) is 13.5. The third kappa shape index (κ3) is 5.56. The van der Waals surface area contributed by atoms with Crippen molar-refractivity contribution in [2.45, 2.75) is 53.3 Å². The number of esters is 1. The van der Waals surface area contributed by atoms with Gasteiger partial charge in [0.25, 0.3) is 0 Å². The molecule has 3 aromatic heterocycles. The Bertz CT molecular complexity index is 978. The zero-order valence-corrected chi connectivity index (χ0v) is 17.9. The lowest BCUT2D eigenvalue weighted by Gasteiger charge is -2.20. The number of rotatable bonds is 10. The van der Waals surface area contributed by atoms with E-state index in [1.165, 1.54) is 4.68 Å². The van der Waals surface area contributed by atoms with Crippen LogP contribution in [-0.4, -0.2) is 48.1 Å². The summed E-state index contributed by atoms with van der Waals surface area (Å²) < 4.78 is 8.59. The quantitative estimate of drug-likeness (QED) is 0.491. The molecule has 2 N–H and O–H groups in total. The molecule has 30 heavy (non-hydrogen) atoms. The highest BCUT2D eigenvalue weighted by atomic mass is 16.5. The Morgan fingerprint density at radius 3 is 2.80 bits per heavy atom. The first-order valence-electron chi connectivity index (χ1n) is 10.3. The number of aliphatic hydroxyl groups is 1. The van der Waals surface area contributed by atoms with E-state index in [0.717, 1.165) is 24.0 Å². The minimum absolute atomic E-state index is 0.0333. The molecule has 9 heteroatoms. The van der Waals surface area contributed by atoms with Crippen molar-refractivity contribution in [1.29, 1.82) is 0 Å². The van der Waals surface area contributed by atoms with E-state index in [2.05, 4.69) is 51.9 Å². The number of nitrogens with one attached hydrogen (secondary N) is 1. The molecule has 1 unspecified atom stereocenters. The van der Waals surface area contributed by atoms with Gasteiger partial charge in [0.2, 0.25) is 5.95 Å². The lowest BCUT2D eigenvalue weighted by molar-refractivity contribution is -0.147. The molecule has 0 radical (unpaired) electrons. The van der Waals surface area contributed by atoms with Gasteiger partial charge >= 0.3 is 5.97 Å². The van der Waals surface area contributed by atoms with Gasteiger partial charge in [0.1, 0.15) is 18.8 Å². The number of carbonyl (C=O) groups excluding carboxylic acids is 1. The summed E-state index contributed by atoms with van der Waals surface area (Å²) in [6, 6.07) is 2.03. The van der Waals surface area contributed by atoms with Crippen molar-refractivity contribution < 1.29 is 14.6 Å². The van der Waals surface area contributed by atoms with Gasteiger partial charge in [0, 0.05) is 30.5 Å². The molecule has 0 aliphatic carbocycles. The monoisotopic (exact) mass is 414 g/mol. The Labute approximate surface area is 176 Å². The van der Waals surface area contributed by atoms with E-state index in [9.17, 15) is 9.90 Å². The first-order chi connectivity index (χ1) is 14.4. The maximum absolute atomic E-state index is 11.8. The van der Waals surface area contributed by atoms with Crippen LogP contribution in [0.2, 0.25) is 0 Å². The number of anilines is 2. The lowest BCUT2D eigenvalue weighted by atomic mass is 9.93. The minimum atomic E-state index is -0.692. The number of fused-ring (bicyclic) bond motifs is 1. The maximum atomic E-state index is 11.8. The van der Waals surface area contributed by atoms with Crippen molar-refractivity contribution in [3.63, 3.8) is 0 Å². The average molecular weight is 415 g/mol. The van der Waals surface area contributed by atoms with Crippen LogP contribution in [0.15, 0.2) is 30.9 Å². The Balaban J connectivity index is 1.68. The second-order valence-electron chi connectivity index (χ2n) is 7.94. The molecule has 0 aliphatic rings. The van der Waals surface area contributed by atoms with Crippen LogP contribution in [0.5, 0.6) is 0 Å². The molecule has 0 bridgehead atoms. The van der Waals surface area contributed by atoms with E-state index in [-0.39, 0.29) is 13.2 Å². The number of nitrogens with zero attached hydrogens (tertiary/aromatic N) is 5. The number of aliphatic hydroxyl groups excluding tert-OH is 1. The number of hydrogen-bond acceptors (Lipinski definition) is 7. The van der Waals surface area contributed by atoms with E-state index < -0.39 is 12.1 Å². The highest BCUT2D eigenvalue weighted by Gasteiger charge is 2.14. The summed E-state index contributed by atoms with van der Waals surface area (Å²) in [5.41, 5.74) is 1.56. The summed E-state index contributed by atoms with van der Waals surface area (Å²) in [6.07, 6.45) is 7.57. The summed E-state index contributed by atoms with van der Waals surface area (Å²) in [7, 11) is 0. The number of hydrogen-bond donors (Lipinski definition) is 2. The van der Waals surface area contributed by atoms with E-state index in [1.54, 1.807) is 25.5 Å². The third-order valence-electron chi connectivity index (χ3n) is 5.07. The molecule has 9 nitrogen and oxygen atoms in total. The molecule has 0 aliphatic heterocycles.